The van der Waals surface area contributed by atoms with E-state index in [2.05, 4.69) is 16.4 Å². The maximum atomic E-state index is 8.97. The second-order valence-electron chi connectivity index (χ2n) is 3.91. The third-order valence-corrected chi connectivity index (χ3v) is 3.46. The van der Waals surface area contributed by atoms with Crippen LogP contribution in [-0.2, 0) is 0 Å². The van der Waals surface area contributed by atoms with Crippen molar-refractivity contribution in [3.05, 3.63) is 11.5 Å². The highest BCUT2D eigenvalue weighted by atomic mass is 32.2. The van der Waals surface area contributed by atoms with E-state index >= 15 is 0 Å². The van der Waals surface area contributed by atoms with Gasteiger partial charge in [-0.1, -0.05) is 11.8 Å². The van der Waals surface area contributed by atoms with Gasteiger partial charge in [0.1, 0.15) is 11.3 Å². The number of thioether (sulfide) groups is 1. The molecule has 4 nitrogen and oxygen atoms in total. The van der Waals surface area contributed by atoms with Crippen LogP contribution in [0.3, 0.4) is 0 Å². The fourth-order valence-electron chi connectivity index (χ4n) is 1.08. The Balaban J connectivity index is 2.45. The Morgan fingerprint density at radius 2 is 2.25 bits per heavy atom. The van der Waals surface area contributed by atoms with Gasteiger partial charge in [-0.2, -0.15) is 5.26 Å². The topological polar surface area (TPSA) is 61.9 Å². The highest BCUT2D eigenvalue weighted by Gasteiger charge is 2.20. The normalized spacial score (nSPS) is 14.4. The molecule has 0 aromatic carbocycles. The van der Waals surface area contributed by atoms with Crippen LogP contribution in [-0.4, -0.2) is 23.3 Å². The van der Waals surface area contributed by atoms with Crippen molar-refractivity contribution in [2.45, 2.75) is 38.0 Å². The van der Waals surface area contributed by atoms with E-state index < -0.39 is 5.54 Å². The Bertz CT molecular complexity index is 377. The maximum absolute atomic E-state index is 8.97. The van der Waals surface area contributed by atoms with Crippen molar-refractivity contribution in [2.75, 3.05) is 12.8 Å². The molecule has 0 aliphatic carbocycles. The molecule has 0 saturated carbocycles. The SMILES string of the molecule is CNC(C)(C#N)CCSc1nc(C)c(C)o1. The van der Waals surface area contributed by atoms with Crippen LogP contribution in [0, 0.1) is 25.2 Å². The van der Waals surface area contributed by atoms with E-state index in [0.717, 1.165) is 23.6 Å². The molecule has 1 rings (SSSR count). The Morgan fingerprint density at radius 3 is 2.69 bits per heavy atom. The molecular weight excluding hydrogens is 222 g/mol. The molecule has 1 heterocycles. The number of rotatable bonds is 5. The van der Waals surface area contributed by atoms with Gasteiger partial charge >= 0.3 is 0 Å². The molecule has 0 aliphatic rings. The Labute approximate surface area is 100 Å². The number of nitrogens with one attached hydrogen (secondary N) is 1. The summed E-state index contributed by atoms with van der Waals surface area (Å²) in [5.41, 5.74) is 0.461. The fraction of sp³-hybridized carbons (Fsp3) is 0.636. The zero-order chi connectivity index (χ0) is 12.2. The van der Waals surface area contributed by atoms with Crippen LogP contribution in [0.2, 0.25) is 0 Å². The monoisotopic (exact) mass is 239 g/mol. The van der Waals surface area contributed by atoms with Gasteiger partial charge in [0.2, 0.25) is 0 Å². The number of aryl methyl sites for hydroxylation is 2. The van der Waals surface area contributed by atoms with Crippen LogP contribution in [0.15, 0.2) is 9.64 Å². The summed E-state index contributed by atoms with van der Waals surface area (Å²) in [6.07, 6.45) is 0.755. The summed E-state index contributed by atoms with van der Waals surface area (Å²) < 4.78 is 5.44. The minimum Gasteiger partial charge on any atom is -0.437 e. The summed E-state index contributed by atoms with van der Waals surface area (Å²) in [5.74, 6) is 1.67. The summed E-state index contributed by atoms with van der Waals surface area (Å²) in [5, 5.41) is 12.7. The molecule has 1 N–H and O–H groups in total. The van der Waals surface area contributed by atoms with Crippen molar-refractivity contribution in [1.29, 1.82) is 5.26 Å². The van der Waals surface area contributed by atoms with Crippen LogP contribution in [0.25, 0.3) is 0 Å². The third kappa shape index (κ3) is 3.26. The van der Waals surface area contributed by atoms with Crippen molar-refractivity contribution in [3.8, 4) is 6.07 Å². The molecule has 0 saturated heterocycles. The molecule has 1 atom stereocenters. The average Bonchev–Trinajstić information content (AvgIpc) is 2.58. The van der Waals surface area contributed by atoms with E-state index in [1.165, 1.54) is 0 Å². The van der Waals surface area contributed by atoms with E-state index in [1.807, 2.05) is 20.8 Å². The van der Waals surface area contributed by atoms with Gasteiger partial charge in [0.05, 0.1) is 11.8 Å². The largest absolute Gasteiger partial charge is 0.437 e. The molecule has 0 spiro atoms. The number of oxazole rings is 1. The lowest BCUT2D eigenvalue weighted by Crippen LogP contribution is -2.38. The van der Waals surface area contributed by atoms with Crippen molar-refractivity contribution in [1.82, 2.24) is 10.3 Å². The van der Waals surface area contributed by atoms with Gasteiger partial charge in [0.15, 0.2) is 0 Å². The number of nitriles is 1. The molecule has 0 aliphatic heterocycles. The van der Waals surface area contributed by atoms with Gasteiger partial charge < -0.3 is 9.73 Å². The number of hydrogen-bond acceptors (Lipinski definition) is 5. The van der Waals surface area contributed by atoms with E-state index in [1.54, 1.807) is 18.8 Å². The zero-order valence-corrected chi connectivity index (χ0v) is 10.9. The molecule has 0 radical (unpaired) electrons. The molecule has 0 fully saturated rings. The summed E-state index contributed by atoms with van der Waals surface area (Å²) in [6, 6.07) is 2.26. The van der Waals surface area contributed by atoms with Crippen molar-refractivity contribution >= 4 is 11.8 Å². The first-order chi connectivity index (χ1) is 7.50. The minimum absolute atomic E-state index is 0.469. The van der Waals surface area contributed by atoms with Gasteiger partial charge in [-0.25, -0.2) is 4.98 Å². The van der Waals surface area contributed by atoms with Crippen LogP contribution >= 0.6 is 11.8 Å². The lowest BCUT2D eigenvalue weighted by atomic mass is 10.0. The Morgan fingerprint density at radius 1 is 1.56 bits per heavy atom. The number of hydrogen-bond donors (Lipinski definition) is 1. The minimum atomic E-state index is -0.469. The first-order valence-corrected chi connectivity index (χ1v) is 6.16. The third-order valence-electron chi connectivity index (χ3n) is 2.64. The molecular formula is C11H17N3OS. The number of nitrogens with zero attached hydrogens (tertiary/aromatic N) is 2. The maximum Gasteiger partial charge on any atom is 0.256 e. The second kappa shape index (κ2) is 5.37. The van der Waals surface area contributed by atoms with Crippen LogP contribution in [0.1, 0.15) is 24.8 Å². The smallest absolute Gasteiger partial charge is 0.256 e. The summed E-state index contributed by atoms with van der Waals surface area (Å²) >= 11 is 1.54. The molecule has 0 bridgehead atoms. The van der Waals surface area contributed by atoms with Crippen molar-refractivity contribution < 1.29 is 4.42 Å². The lowest BCUT2D eigenvalue weighted by Gasteiger charge is -2.19. The number of aromatic nitrogens is 1. The van der Waals surface area contributed by atoms with Gasteiger partial charge in [0.25, 0.3) is 5.22 Å². The van der Waals surface area contributed by atoms with Gasteiger partial charge in [0, 0.05) is 5.75 Å². The van der Waals surface area contributed by atoms with Gasteiger partial charge in [-0.05, 0) is 34.2 Å². The standard InChI is InChI=1S/C11H17N3OS/c1-8-9(2)15-10(14-8)16-6-5-11(3,7-12)13-4/h13H,5-6H2,1-4H3. The van der Waals surface area contributed by atoms with E-state index in [0.29, 0.717) is 5.22 Å². The Hall–Kier alpha value is -0.990. The average molecular weight is 239 g/mol. The van der Waals surface area contributed by atoms with Gasteiger partial charge in [-0.3, -0.25) is 0 Å². The van der Waals surface area contributed by atoms with Crippen LogP contribution < -0.4 is 5.32 Å². The quantitative estimate of drug-likeness (QED) is 0.799. The van der Waals surface area contributed by atoms with E-state index in [9.17, 15) is 0 Å². The first-order valence-electron chi connectivity index (χ1n) is 5.18. The summed E-state index contributed by atoms with van der Waals surface area (Å²) in [7, 11) is 1.80. The molecule has 5 heteroatoms. The molecule has 0 amide bonds. The second-order valence-corrected chi connectivity index (χ2v) is 4.96. The lowest BCUT2D eigenvalue weighted by molar-refractivity contribution is 0.429. The summed E-state index contributed by atoms with van der Waals surface area (Å²) in [6.45, 7) is 5.72. The highest BCUT2D eigenvalue weighted by molar-refractivity contribution is 7.99. The van der Waals surface area contributed by atoms with Crippen molar-refractivity contribution in [2.24, 2.45) is 0 Å². The fourth-order valence-corrected chi connectivity index (χ4v) is 2.15. The Kier molecular flexibility index (Phi) is 4.39. The predicted octanol–water partition coefficient (Wildman–Crippen LogP) is 2.28. The molecule has 1 aromatic heterocycles. The highest BCUT2D eigenvalue weighted by Crippen LogP contribution is 2.22. The van der Waals surface area contributed by atoms with Gasteiger partial charge in [-0.15, -0.1) is 0 Å². The van der Waals surface area contributed by atoms with E-state index in [4.69, 9.17) is 9.68 Å². The van der Waals surface area contributed by atoms with Crippen LogP contribution in [0.4, 0.5) is 0 Å². The molecule has 1 unspecified atom stereocenters. The molecule has 1 aromatic rings. The predicted molar refractivity (Wildman–Crippen MR) is 64.4 cm³/mol. The molecule has 88 valence electrons. The molecule has 16 heavy (non-hydrogen) atoms. The zero-order valence-electron chi connectivity index (χ0n) is 10.1. The first kappa shape index (κ1) is 13.1. The van der Waals surface area contributed by atoms with Crippen molar-refractivity contribution in [3.63, 3.8) is 0 Å². The van der Waals surface area contributed by atoms with Crippen LogP contribution in [0.5, 0.6) is 0 Å². The van der Waals surface area contributed by atoms with E-state index in [-0.39, 0.29) is 0 Å². The summed E-state index contributed by atoms with van der Waals surface area (Å²) in [4.78, 5) is 4.27.